The topological polar surface area (TPSA) is 64.6 Å². The molecule has 1 aliphatic carbocycles. The quantitative estimate of drug-likeness (QED) is 0.638. The fourth-order valence-electron chi connectivity index (χ4n) is 4.43. The monoisotopic (exact) mass is 431 g/mol. The van der Waals surface area contributed by atoms with Crippen LogP contribution in [-0.4, -0.2) is 17.9 Å². The molecule has 5 nitrogen and oxygen atoms in total. The number of nitrogens with one attached hydrogen (secondary N) is 1. The van der Waals surface area contributed by atoms with Crippen molar-refractivity contribution >= 4 is 11.8 Å². The maximum atomic E-state index is 13.2. The number of hydrogen-bond acceptors (Lipinski definition) is 5. The normalized spacial score (nSPS) is 18.4. The smallest absolute Gasteiger partial charge is 0.337 e. The summed E-state index contributed by atoms with van der Waals surface area (Å²) in [5.41, 5.74) is 4.63. The van der Waals surface area contributed by atoms with E-state index in [-0.39, 0.29) is 11.9 Å². The Morgan fingerprint density at radius 1 is 1.06 bits per heavy atom. The lowest BCUT2D eigenvalue weighted by atomic mass is 9.75. The molecule has 5 heteroatoms. The van der Waals surface area contributed by atoms with Crippen LogP contribution in [0, 0.1) is 0 Å². The summed E-state index contributed by atoms with van der Waals surface area (Å²) in [6.07, 6.45) is 1.82. The van der Waals surface area contributed by atoms with E-state index in [4.69, 9.17) is 9.47 Å². The number of esters is 1. The van der Waals surface area contributed by atoms with Gasteiger partial charge in [0.1, 0.15) is 12.4 Å². The molecule has 0 aromatic heterocycles. The van der Waals surface area contributed by atoms with Gasteiger partial charge in [0.25, 0.3) is 0 Å². The van der Waals surface area contributed by atoms with E-state index in [2.05, 4.69) is 5.32 Å². The second-order valence-corrected chi connectivity index (χ2v) is 8.53. The van der Waals surface area contributed by atoms with Crippen molar-refractivity contribution < 1.29 is 19.1 Å². The highest BCUT2D eigenvalue weighted by molar-refractivity contribution is 6.04. The summed E-state index contributed by atoms with van der Waals surface area (Å²) in [5.74, 6) is -0.185. The molecule has 0 fully saturated rings. The molecule has 2 aromatic rings. The number of benzene rings is 2. The summed E-state index contributed by atoms with van der Waals surface area (Å²) >= 11 is 0. The van der Waals surface area contributed by atoms with Crippen LogP contribution >= 0.6 is 0 Å². The molecule has 0 saturated heterocycles. The predicted octanol–water partition coefficient (Wildman–Crippen LogP) is 5.19. The standard InChI is InChI=1S/C27H29NO4/c1-17(2)32-27(30)24-18(3)28-21-13-9-14-22(29)26(21)25(24)20-12-7-8-15-23(20)31-16-19-10-5-4-6-11-19/h4-8,10-12,15,17,25,28H,9,13-14,16H2,1-3H3/t25-/m0/s1. The third-order valence-corrected chi connectivity index (χ3v) is 5.81. The van der Waals surface area contributed by atoms with Crippen LogP contribution in [0.5, 0.6) is 5.75 Å². The van der Waals surface area contributed by atoms with Crippen molar-refractivity contribution in [3.63, 3.8) is 0 Å². The van der Waals surface area contributed by atoms with Crippen LogP contribution in [0.25, 0.3) is 0 Å². The minimum atomic E-state index is -0.516. The number of ether oxygens (including phenoxy) is 2. The van der Waals surface area contributed by atoms with Gasteiger partial charge in [0.05, 0.1) is 17.6 Å². The molecule has 2 aromatic carbocycles. The molecule has 0 spiro atoms. The maximum absolute atomic E-state index is 13.2. The van der Waals surface area contributed by atoms with Crippen molar-refractivity contribution in [2.45, 2.75) is 58.7 Å². The number of hydrogen-bond donors (Lipinski definition) is 1. The summed E-state index contributed by atoms with van der Waals surface area (Å²) < 4.78 is 11.8. The largest absolute Gasteiger partial charge is 0.489 e. The lowest BCUT2D eigenvalue weighted by molar-refractivity contribution is -0.143. The molecule has 0 amide bonds. The Labute approximate surface area is 189 Å². The highest BCUT2D eigenvalue weighted by atomic mass is 16.5. The number of carbonyl (C=O) groups is 2. The Bertz CT molecular complexity index is 1080. The second-order valence-electron chi connectivity index (χ2n) is 8.53. The van der Waals surface area contributed by atoms with Gasteiger partial charge in [-0.3, -0.25) is 4.79 Å². The maximum Gasteiger partial charge on any atom is 0.337 e. The van der Waals surface area contributed by atoms with Gasteiger partial charge >= 0.3 is 5.97 Å². The van der Waals surface area contributed by atoms with E-state index in [1.807, 2.05) is 75.4 Å². The van der Waals surface area contributed by atoms with Crippen molar-refractivity contribution in [2.75, 3.05) is 0 Å². The Morgan fingerprint density at radius 2 is 1.78 bits per heavy atom. The molecule has 1 atom stereocenters. The Morgan fingerprint density at radius 3 is 2.53 bits per heavy atom. The highest BCUT2D eigenvalue weighted by Crippen LogP contribution is 2.45. The molecule has 1 N–H and O–H groups in total. The Hall–Kier alpha value is -3.34. The first-order chi connectivity index (χ1) is 15.5. The fourth-order valence-corrected chi connectivity index (χ4v) is 4.43. The van der Waals surface area contributed by atoms with Crippen LogP contribution in [-0.2, 0) is 20.9 Å². The molecular formula is C27H29NO4. The fraction of sp³-hybridized carbons (Fsp3) is 0.333. The second kappa shape index (κ2) is 9.43. The van der Waals surface area contributed by atoms with Gasteiger partial charge in [0.2, 0.25) is 0 Å². The van der Waals surface area contributed by atoms with Gasteiger partial charge in [-0.05, 0) is 45.2 Å². The van der Waals surface area contributed by atoms with Gasteiger partial charge in [0.15, 0.2) is 5.78 Å². The van der Waals surface area contributed by atoms with Crippen LogP contribution in [0.4, 0.5) is 0 Å². The molecule has 32 heavy (non-hydrogen) atoms. The molecule has 0 bridgehead atoms. The number of dihydropyridines is 1. The van der Waals surface area contributed by atoms with E-state index in [9.17, 15) is 9.59 Å². The lowest BCUT2D eigenvalue weighted by Gasteiger charge is -2.35. The lowest BCUT2D eigenvalue weighted by Crippen LogP contribution is -2.35. The third kappa shape index (κ3) is 4.47. The highest BCUT2D eigenvalue weighted by Gasteiger charge is 2.40. The van der Waals surface area contributed by atoms with E-state index in [0.717, 1.165) is 35.4 Å². The average Bonchev–Trinajstić information content (AvgIpc) is 2.77. The number of allylic oxidation sites excluding steroid dienone is 3. The van der Waals surface area contributed by atoms with Crippen molar-refractivity contribution in [1.82, 2.24) is 5.32 Å². The van der Waals surface area contributed by atoms with Crippen molar-refractivity contribution in [1.29, 1.82) is 0 Å². The predicted molar refractivity (Wildman–Crippen MR) is 123 cm³/mol. The van der Waals surface area contributed by atoms with E-state index in [1.54, 1.807) is 0 Å². The minimum absolute atomic E-state index is 0.0731. The van der Waals surface area contributed by atoms with Gasteiger partial charge in [-0.2, -0.15) is 0 Å². The zero-order valence-electron chi connectivity index (χ0n) is 18.8. The molecule has 1 heterocycles. The molecular weight excluding hydrogens is 402 g/mol. The Balaban J connectivity index is 1.78. The third-order valence-electron chi connectivity index (χ3n) is 5.81. The van der Waals surface area contributed by atoms with E-state index < -0.39 is 11.9 Å². The zero-order valence-corrected chi connectivity index (χ0v) is 18.8. The van der Waals surface area contributed by atoms with Crippen LogP contribution < -0.4 is 10.1 Å². The van der Waals surface area contributed by atoms with Gasteiger partial charge in [0, 0.05) is 29.0 Å². The summed E-state index contributed by atoms with van der Waals surface area (Å²) in [7, 11) is 0. The number of para-hydroxylation sites is 1. The van der Waals surface area contributed by atoms with Crippen molar-refractivity contribution in [2.24, 2.45) is 0 Å². The number of Topliss-reactive ketones (excluding diaryl/α,β-unsaturated/α-hetero) is 1. The van der Waals surface area contributed by atoms with E-state index >= 15 is 0 Å². The van der Waals surface area contributed by atoms with Gasteiger partial charge in [-0.1, -0.05) is 48.5 Å². The molecule has 166 valence electrons. The molecule has 1 aliphatic heterocycles. The summed E-state index contributed by atoms with van der Waals surface area (Å²) in [5, 5.41) is 3.33. The molecule has 0 unspecified atom stereocenters. The summed E-state index contributed by atoms with van der Waals surface area (Å²) in [4.78, 5) is 26.3. The van der Waals surface area contributed by atoms with Gasteiger partial charge in [-0.25, -0.2) is 4.79 Å². The van der Waals surface area contributed by atoms with Crippen LogP contribution in [0.3, 0.4) is 0 Å². The molecule has 2 aliphatic rings. The van der Waals surface area contributed by atoms with Crippen LogP contribution in [0.15, 0.2) is 77.1 Å². The summed E-state index contributed by atoms with van der Waals surface area (Å²) in [6, 6.07) is 17.6. The first-order valence-corrected chi connectivity index (χ1v) is 11.2. The van der Waals surface area contributed by atoms with Crippen molar-refractivity contribution in [3.05, 3.63) is 88.3 Å². The SMILES string of the molecule is CC1=C(C(=O)OC(C)C)[C@H](c2ccccc2OCc2ccccc2)C2=C(CCCC2=O)N1. The molecule has 0 saturated carbocycles. The van der Waals surface area contributed by atoms with Crippen LogP contribution in [0.2, 0.25) is 0 Å². The van der Waals surface area contributed by atoms with Gasteiger partial charge < -0.3 is 14.8 Å². The van der Waals surface area contributed by atoms with Gasteiger partial charge in [-0.15, -0.1) is 0 Å². The van der Waals surface area contributed by atoms with E-state index in [0.29, 0.717) is 29.9 Å². The molecule has 0 radical (unpaired) electrons. The average molecular weight is 432 g/mol. The number of ketones is 1. The minimum Gasteiger partial charge on any atom is -0.489 e. The van der Waals surface area contributed by atoms with Crippen molar-refractivity contribution in [3.8, 4) is 5.75 Å². The van der Waals surface area contributed by atoms with E-state index in [1.165, 1.54) is 0 Å². The number of carbonyl (C=O) groups excluding carboxylic acids is 2. The Kier molecular flexibility index (Phi) is 6.45. The zero-order chi connectivity index (χ0) is 22.7. The summed E-state index contributed by atoms with van der Waals surface area (Å²) in [6.45, 7) is 5.93. The van der Waals surface area contributed by atoms with Crippen LogP contribution in [0.1, 0.15) is 57.1 Å². The number of rotatable bonds is 6. The molecule has 4 rings (SSSR count). The first kappa shape index (κ1) is 21.9. The first-order valence-electron chi connectivity index (χ1n) is 11.2.